The lowest BCUT2D eigenvalue weighted by Crippen LogP contribution is -2.37. The molecule has 0 fully saturated rings. The van der Waals surface area contributed by atoms with E-state index in [9.17, 15) is 4.79 Å². The number of anilines is 2. The van der Waals surface area contributed by atoms with Crippen LogP contribution in [-0.4, -0.2) is 16.1 Å². The molecule has 0 saturated carbocycles. The van der Waals surface area contributed by atoms with E-state index in [4.69, 9.17) is 5.73 Å². The highest BCUT2D eigenvalue weighted by Crippen LogP contribution is 2.25. The first kappa shape index (κ1) is 13.7. The molecule has 21 heavy (non-hydrogen) atoms. The lowest BCUT2D eigenvalue weighted by Gasteiger charge is -2.30. The quantitative estimate of drug-likeness (QED) is 0.856. The Balaban J connectivity index is 1.99. The number of aromatic nitrogens is 2. The maximum Gasteiger partial charge on any atom is 0.293 e. The Morgan fingerprint density at radius 1 is 1.33 bits per heavy atom. The first-order valence-corrected chi connectivity index (χ1v) is 7.26. The lowest BCUT2D eigenvalue weighted by atomic mass is 9.98. The fourth-order valence-electron chi connectivity index (χ4n) is 2.83. The van der Waals surface area contributed by atoms with Gasteiger partial charge in [0, 0.05) is 37.2 Å². The molecule has 1 aliphatic rings. The zero-order chi connectivity index (χ0) is 15.0. The van der Waals surface area contributed by atoms with Crippen molar-refractivity contribution >= 4 is 11.5 Å². The Morgan fingerprint density at radius 3 is 2.90 bits per heavy atom. The maximum atomic E-state index is 12.5. The van der Waals surface area contributed by atoms with Crippen molar-refractivity contribution in [3.05, 3.63) is 52.1 Å². The number of rotatable bonds is 2. The fourth-order valence-corrected chi connectivity index (χ4v) is 2.83. The third kappa shape index (κ3) is 2.39. The Labute approximate surface area is 124 Å². The van der Waals surface area contributed by atoms with E-state index in [1.54, 1.807) is 17.0 Å². The summed E-state index contributed by atoms with van der Waals surface area (Å²) in [5.41, 5.74) is 9.21. The minimum absolute atomic E-state index is 0.0366. The Kier molecular flexibility index (Phi) is 3.41. The summed E-state index contributed by atoms with van der Waals surface area (Å²) in [4.78, 5) is 18.9. The molecule has 1 aromatic heterocycles. The van der Waals surface area contributed by atoms with Gasteiger partial charge in [0.1, 0.15) is 0 Å². The second-order valence-corrected chi connectivity index (χ2v) is 5.71. The summed E-state index contributed by atoms with van der Waals surface area (Å²) < 4.78 is 1.71. The summed E-state index contributed by atoms with van der Waals surface area (Å²) in [7, 11) is 0. The van der Waals surface area contributed by atoms with Crippen molar-refractivity contribution in [2.45, 2.75) is 32.9 Å². The summed E-state index contributed by atoms with van der Waals surface area (Å²) in [6.07, 6.45) is 4.32. The molecule has 0 unspecified atom stereocenters. The van der Waals surface area contributed by atoms with Gasteiger partial charge in [0.2, 0.25) is 0 Å². The molecule has 5 heteroatoms. The van der Waals surface area contributed by atoms with Crippen LogP contribution in [0.15, 0.2) is 35.4 Å². The van der Waals surface area contributed by atoms with Gasteiger partial charge in [0.25, 0.3) is 5.56 Å². The van der Waals surface area contributed by atoms with Crippen molar-refractivity contribution in [2.24, 2.45) is 0 Å². The van der Waals surface area contributed by atoms with Gasteiger partial charge >= 0.3 is 0 Å². The molecule has 5 nitrogen and oxygen atoms in total. The predicted octanol–water partition coefficient (Wildman–Crippen LogP) is 1.97. The third-order valence-electron chi connectivity index (χ3n) is 4.02. The molecule has 0 aliphatic carbocycles. The molecule has 0 amide bonds. The van der Waals surface area contributed by atoms with Crippen LogP contribution in [0.1, 0.15) is 31.0 Å². The van der Waals surface area contributed by atoms with E-state index in [0.717, 1.165) is 24.2 Å². The average Bonchev–Trinajstić information content (AvgIpc) is 2.47. The van der Waals surface area contributed by atoms with Gasteiger partial charge in [0.15, 0.2) is 5.82 Å². The minimum Gasteiger partial charge on any atom is -0.398 e. The third-order valence-corrected chi connectivity index (χ3v) is 4.02. The van der Waals surface area contributed by atoms with Crippen molar-refractivity contribution in [1.82, 2.24) is 9.55 Å². The standard InChI is InChI=1S/C16H20N4O/c1-11(2)20-9-7-18-15(16(20)21)19-8-6-12-4-3-5-14(17)13(12)10-19/h3-5,7,9,11H,6,8,10,17H2,1-2H3. The van der Waals surface area contributed by atoms with Gasteiger partial charge < -0.3 is 15.2 Å². The lowest BCUT2D eigenvalue weighted by molar-refractivity contribution is 0.568. The summed E-state index contributed by atoms with van der Waals surface area (Å²) in [5, 5.41) is 0. The molecule has 1 aromatic carbocycles. The van der Waals surface area contributed by atoms with E-state index in [1.807, 2.05) is 30.9 Å². The molecule has 2 heterocycles. The van der Waals surface area contributed by atoms with Crippen LogP contribution in [0.5, 0.6) is 0 Å². The van der Waals surface area contributed by atoms with Crippen LogP contribution >= 0.6 is 0 Å². The fraction of sp³-hybridized carbons (Fsp3) is 0.375. The van der Waals surface area contributed by atoms with Crippen LogP contribution in [-0.2, 0) is 13.0 Å². The molecular weight excluding hydrogens is 264 g/mol. The van der Waals surface area contributed by atoms with E-state index in [-0.39, 0.29) is 11.6 Å². The Hall–Kier alpha value is -2.30. The van der Waals surface area contributed by atoms with Crippen molar-refractivity contribution in [3.8, 4) is 0 Å². The zero-order valence-corrected chi connectivity index (χ0v) is 12.4. The van der Waals surface area contributed by atoms with Crippen molar-refractivity contribution in [2.75, 3.05) is 17.2 Å². The molecule has 1 aliphatic heterocycles. The van der Waals surface area contributed by atoms with Crippen molar-refractivity contribution < 1.29 is 0 Å². The maximum absolute atomic E-state index is 12.5. The highest BCUT2D eigenvalue weighted by molar-refractivity contribution is 5.55. The number of nitrogens with zero attached hydrogens (tertiary/aromatic N) is 3. The molecular formula is C16H20N4O. The Bertz CT molecular complexity index is 720. The zero-order valence-electron chi connectivity index (χ0n) is 12.4. The van der Waals surface area contributed by atoms with Gasteiger partial charge in [-0.25, -0.2) is 4.98 Å². The van der Waals surface area contributed by atoms with Gasteiger partial charge in [-0.2, -0.15) is 0 Å². The summed E-state index contributed by atoms with van der Waals surface area (Å²) >= 11 is 0. The molecule has 0 atom stereocenters. The van der Waals surface area contributed by atoms with Crippen LogP contribution in [0.2, 0.25) is 0 Å². The second kappa shape index (κ2) is 5.24. The van der Waals surface area contributed by atoms with Crippen molar-refractivity contribution in [1.29, 1.82) is 0 Å². The van der Waals surface area contributed by atoms with E-state index in [2.05, 4.69) is 11.1 Å². The second-order valence-electron chi connectivity index (χ2n) is 5.71. The molecule has 0 bridgehead atoms. The van der Waals surface area contributed by atoms with Crippen LogP contribution in [0.25, 0.3) is 0 Å². The highest BCUT2D eigenvalue weighted by Gasteiger charge is 2.22. The molecule has 0 radical (unpaired) electrons. The number of nitrogens with two attached hydrogens (primary N) is 1. The molecule has 3 rings (SSSR count). The van der Waals surface area contributed by atoms with Gasteiger partial charge in [0.05, 0.1) is 0 Å². The van der Waals surface area contributed by atoms with Crippen molar-refractivity contribution in [3.63, 3.8) is 0 Å². The van der Waals surface area contributed by atoms with E-state index in [0.29, 0.717) is 12.4 Å². The van der Waals surface area contributed by atoms with E-state index in [1.165, 1.54) is 5.56 Å². The largest absolute Gasteiger partial charge is 0.398 e. The van der Waals surface area contributed by atoms with Crippen LogP contribution in [0.3, 0.4) is 0 Å². The molecule has 0 saturated heterocycles. The molecule has 0 spiro atoms. The number of hydrogen-bond acceptors (Lipinski definition) is 4. The highest BCUT2D eigenvalue weighted by atomic mass is 16.1. The SMILES string of the molecule is CC(C)n1ccnc(N2CCc3cccc(N)c3C2)c1=O. The molecule has 2 aromatic rings. The minimum atomic E-state index is -0.0366. The number of hydrogen-bond donors (Lipinski definition) is 1. The Morgan fingerprint density at radius 2 is 2.14 bits per heavy atom. The van der Waals surface area contributed by atoms with E-state index >= 15 is 0 Å². The molecule has 110 valence electrons. The van der Waals surface area contributed by atoms with Crippen LogP contribution in [0.4, 0.5) is 11.5 Å². The van der Waals surface area contributed by atoms with Crippen LogP contribution < -0.4 is 16.2 Å². The average molecular weight is 284 g/mol. The summed E-state index contributed by atoms with van der Waals surface area (Å²) in [5.74, 6) is 0.514. The number of nitrogen functional groups attached to an aromatic ring is 1. The van der Waals surface area contributed by atoms with Gasteiger partial charge in [-0.1, -0.05) is 12.1 Å². The normalized spacial score (nSPS) is 14.3. The van der Waals surface area contributed by atoms with Crippen LogP contribution in [0, 0.1) is 0 Å². The summed E-state index contributed by atoms with van der Waals surface area (Å²) in [6.45, 7) is 5.43. The van der Waals surface area contributed by atoms with Gasteiger partial charge in [-0.15, -0.1) is 0 Å². The number of benzene rings is 1. The first-order valence-electron chi connectivity index (χ1n) is 7.26. The molecule has 2 N–H and O–H groups in total. The van der Waals surface area contributed by atoms with Gasteiger partial charge in [-0.3, -0.25) is 4.79 Å². The smallest absolute Gasteiger partial charge is 0.293 e. The predicted molar refractivity (Wildman–Crippen MR) is 84.5 cm³/mol. The summed E-state index contributed by atoms with van der Waals surface area (Å²) in [6, 6.07) is 6.12. The number of fused-ring (bicyclic) bond motifs is 1. The monoisotopic (exact) mass is 284 g/mol. The first-order chi connectivity index (χ1) is 10.1. The van der Waals surface area contributed by atoms with Gasteiger partial charge in [-0.05, 0) is 37.5 Å². The topological polar surface area (TPSA) is 64.2 Å². The van der Waals surface area contributed by atoms with E-state index < -0.39 is 0 Å².